The Morgan fingerprint density at radius 3 is 2.48 bits per heavy atom. The number of rotatable bonds is 4. The predicted molar refractivity (Wildman–Crippen MR) is 100 cm³/mol. The third-order valence-electron chi connectivity index (χ3n) is 5.34. The minimum Gasteiger partial charge on any atom is -0.312 e. The van der Waals surface area contributed by atoms with E-state index < -0.39 is 15.6 Å². The molecule has 0 bridgehead atoms. The SMILES string of the molecule is CC(=O)N1CCCc2cc(S(=O)(=O)NC3(c4ccc(F)cc4)CC3)ccc21. The maximum Gasteiger partial charge on any atom is 0.241 e. The summed E-state index contributed by atoms with van der Waals surface area (Å²) in [6.45, 7) is 2.17. The number of hydrogen-bond donors (Lipinski definition) is 1. The Bertz CT molecular complexity index is 998. The molecule has 0 aromatic heterocycles. The van der Waals surface area contributed by atoms with Gasteiger partial charge in [-0.3, -0.25) is 4.79 Å². The molecule has 1 aliphatic heterocycles. The van der Waals surface area contributed by atoms with Gasteiger partial charge in [0.25, 0.3) is 0 Å². The van der Waals surface area contributed by atoms with Crippen LogP contribution in [0.15, 0.2) is 47.4 Å². The highest BCUT2D eigenvalue weighted by Gasteiger charge is 2.47. The van der Waals surface area contributed by atoms with Crippen molar-refractivity contribution in [3.05, 3.63) is 59.4 Å². The van der Waals surface area contributed by atoms with Crippen molar-refractivity contribution in [1.82, 2.24) is 4.72 Å². The summed E-state index contributed by atoms with van der Waals surface area (Å²) in [5, 5.41) is 0. The number of nitrogens with one attached hydrogen (secondary N) is 1. The molecular weight excluding hydrogens is 367 g/mol. The molecule has 2 aromatic rings. The topological polar surface area (TPSA) is 66.5 Å². The molecule has 5 nitrogen and oxygen atoms in total. The molecule has 0 atom stereocenters. The number of nitrogens with zero attached hydrogens (tertiary/aromatic N) is 1. The highest BCUT2D eigenvalue weighted by molar-refractivity contribution is 7.89. The Balaban J connectivity index is 1.63. The van der Waals surface area contributed by atoms with Gasteiger partial charge in [-0.25, -0.2) is 17.5 Å². The Morgan fingerprint density at radius 2 is 1.85 bits per heavy atom. The highest BCUT2D eigenvalue weighted by atomic mass is 32.2. The lowest BCUT2D eigenvalue weighted by Crippen LogP contribution is -2.36. The Kier molecular flexibility index (Phi) is 4.31. The lowest BCUT2D eigenvalue weighted by atomic mass is 10.0. The fourth-order valence-electron chi connectivity index (χ4n) is 3.73. The average molecular weight is 388 g/mol. The van der Waals surface area contributed by atoms with Crippen molar-refractivity contribution in [1.29, 1.82) is 0 Å². The number of hydrogen-bond acceptors (Lipinski definition) is 3. The minimum atomic E-state index is -3.73. The first kappa shape index (κ1) is 18.1. The van der Waals surface area contributed by atoms with Crippen molar-refractivity contribution in [2.45, 2.75) is 43.0 Å². The summed E-state index contributed by atoms with van der Waals surface area (Å²) in [5.74, 6) is -0.389. The van der Waals surface area contributed by atoms with Gasteiger partial charge in [0.1, 0.15) is 5.82 Å². The normalized spacial score (nSPS) is 18.1. The quantitative estimate of drug-likeness (QED) is 0.875. The summed E-state index contributed by atoms with van der Waals surface area (Å²) < 4.78 is 41.9. The number of carbonyl (C=O) groups is 1. The lowest BCUT2D eigenvalue weighted by Gasteiger charge is -2.29. The molecule has 7 heteroatoms. The summed E-state index contributed by atoms with van der Waals surface area (Å²) in [5.41, 5.74) is 1.76. The van der Waals surface area contributed by atoms with Crippen molar-refractivity contribution in [3.8, 4) is 0 Å². The molecule has 1 amide bonds. The molecule has 2 aliphatic rings. The van der Waals surface area contributed by atoms with E-state index in [4.69, 9.17) is 0 Å². The van der Waals surface area contributed by atoms with Gasteiger partial charge in [-0.1, -0.05) is 12.1 Å². The molecule has 1 heterocycles. The monoisotopic (exact) mass is 388 g/mol. The first-order valence-electron chi connectivity index (χ1n) is 9.02. The van der Waals surface area contributed by atoms with Crippen LogP contribution in [0.25, 0.3) is 0 Å². The van der Waals surface area contributed by atoms with E-state index in [1.807, 2.05) is 0 Å². The molecule has 0 unspecified atom stereocenters. The summed E-state index contributed by atoms with van der Waals surface area (Å²) >= 11 is 0. The lowest BCUT2D eigenvalue weighted by molar-refractivity contribution is -0.116. The largest absolute Gasteiger partial charge is 0.312 e. The summed E-state index contributed by atoms with van der Waals surface area (Å²) in [6.07, 6.45) is 2.91. The molecule has 4 rings (SSSR count). The minimum absolute atomic E-state index is 0.0436. The Hall–Kier alpha value is -2.25. The van der Waals surface area contributed by atoms with E-state index in [0.717, 1.165) is 29.7 Å². The van der Waals surface area contributed by atoms with Crippen LogP contribution in [0, 0.1) is 5.82 Å². The van der Waals surface area contributed by atoms with Crippen LogP contribution in [0.3, 0.4) is 0 Å². The van der Waals surface area contributed by atoms with Crippen LogP contribution in [-0.4, -0.2) is 20.9 Å². The summed E-state index contributed by atoms with van der Waals surface area (Å²) in [4.78, 5) is 13.7. The van der Waals surface area contributed by atoms with E-state index in [1.54, 1.807) is 35.2 Å². The molecule has 1 saturated carbocycles. The van der Waals surface area contributed by atoms with Gasteiger partial charge in [-0.05, 0) is 67.1 Å². The summed E-state index contributed by atoms with van der Waals surface area (Å²) in [6, 6.07) is 10.9. The Morgan fingerprint density at radius 1 is 1.15 bits per heavy atom. The van der Waals surface area contributed by atoms with E-state index in [2.05, 4.69) is 4.72 Å². The van der Waals surface area contributed by atoms with Crippen LogP contribution < -0.4 is 9.62 Å². The third kappa shape index (κ3) is 3.37. The molecule has 142 valence electrons. The second-order valence-electron chi connectivity index (χ2n) is 7.26. The molecule has 0 spiro atoms. The van der Waals surface area contributed by atoms with Crippen molar-refractivity contribution < 1.29 is 17.6 Å². The van der Waals surface area contributed by atoms with Gasteiger partial charge in [-0.2, -0.15) is 0 Å². The van der Waals surface area contributed by atoms with Gasteiger partial charge in [0.05, 0.1) is 10.4 Å². The van der Waals surface area contributed by atoms with Gasteiger partial charge in [0.15, 0.2) is 0 Å². The predicted octanol–water partition coefficient (Wildman–Crippen LogP) is 3.09. The number of halogens is 1. The van der Waals surface area contributed by atoms with E-state index in [0.29, 0.717) is 19.4 Å². The van der Waals surface area contributed by atoms with Crippen molar-refractivity contribution >= 4 is 21.6 Å². The standard InChI is InChI=1S/C20H21FN2O3S/c1-14(24)23-12-2-3-15-13-18(8-9-19(15)23)27(25,26)22-20(10-11-20)16-4-6-17(21)7-5-16/h4-9,13,22H,2-3,10-12H2,1H3. The van der Waals surface area contributed by atoms with Crippen molar-refractivity contribution in [3.63, 3.8) is 0 Å². The van der Waals surface area contributed by atoms with Crippen LogP contribution >= 0.6 is 0 Å². The fraction of sp³-hybridized carbons (Fsp3) is 0.350. The average Bonchev–Trinajstić information content (AvgIpc) is 3.41. The third-order valence-corrected chi connectivity index (χ3v) is 6.87. The van der Waals surface area contributed by atoms with Gasteiger partial charge < -0.3 is 4.90 Å². The maximum absolute atomic E-state index is 13.2. The zero-order chi connectivity index (χ0) is 19.2. The first-order valence-corrected chi connectivity index (χ1v) is 10.5. The van der Waals surface area contributed by atoms with Crippen molar-refractivity contribution in [2.24, 2.45) is 0 Å². The van der Waals surface area contributed by atoms with Crippen LogP contribution in [0.4, 0.5) is 10.1 Å². The molecule has 0 radical (unpaired) electrons. The van der Waals surface area contributed by atoms with Crippen molar-refractivity contribution in [2.75, 3.05) is 11.4 Å². The second-order valence-corrected chi connectivity index (χ2v) is 8.94. The maximum atomic E-state index is 13.2. The molecule has 0 saturated heterocycles. The number of sulfonamides is 1. The highest BCUT2D eigenvalue weighted by Crippen LogP contribution is 2.46. The van der Waals surface area contributed by atoms with Gasteiger partial charge in [0, 0.05) is 19.2 Å². The molecule has 1 fully saturated rings. The number of amides is 1. The molecule has 2 aromatic carbocycles. The van der Waals surface area contributed by atoms with Gasteiger partial charge in [-0.15, -0.1) is 0 Å². The van der Waals surface area contributed by atoms with Crippen LogP contribution in [0.5, 0.6) is 0 Å². The van der Waals surface area contributed by atoms with Crippen LogP contribution in [-0.2, 0) is 26.8 Å². The van der Waals surface area contributed by atoms with E-state index in [-0.39, 0.29) is 16.6 Å². The number of aryl methyl sites for hydroxylation is 1. The zero-order valence-corrected chi connectivity index (χ0v) is 15.9. The number of benzene rings is 2. The first-order chi connectivity index (χ1) is 12.8. The van der Waals surface area contributed by atoms with Crippen LogP contribution in [0.1, 0.15) is 37.3 Å². The fourth-order valence-corrected chi connectivity index (χ4v) is 5.23. The molecule has 1 aliphatic carbocycles. The Labute approximate surface area is 158 Å². The molecule has 1 N–H and O–H groups in total. The zero-order valence-electron chi connectivity index (χ0n) is 15.0. The molecular formula is C20H21FN2O3S. The van der Waals surface area contributed by atoms with Crippen LogP contribution in [0.2, 0.25) is 0 Å². The van der Waals surface area contributed by atoms with E-state index in [9.17, 15) is 17.6 Å². The number of fused-ring (bicyclic) bond motifs is 1. The number of anilines is 1. The van der Waals surface area contributed by atoms with E-state index in [1.165, 1.54) is 19.1 Å². The second kappa shape index (κ2) is 6.42. The smallest absolute Gasteiger partial charge is 0.241 e. The van der Waals surface area contributed by atoms with Gasteiger partial charge >= 0.3 is 0 Å². The number of carbonyl (C=O) groups excluding carboxylic acids is 1. The van der Waals surface area contributed by atoms with Gasteiger partial charge in [0.2, 0.25) is 15.9 Å². The molecule has 27 heavy (non-hydrogen) atoms. The summed E-state index contributed by atoms with van der Waals surface area (Å²) in [7, 11) is -3.73. The van der Waals surface area contributed by atoms with E-state index >= 15 is 0 Å².